The average molecular weight is 211 g/mol. The molecule has 1 aromatic heterocycles. The Kier molecular flexibility index (Phi) is 2.55. The average Bonchev–Trinajstić information content (AvgIpc) is 2.17. The summed E-state index contributed by atoms with van der Waals surface area (Å²) in [5.74, 6) is 0.281. The smallest absolute Gasteiger partial charge is 0.342 e. The molecule has 1 fully saturated rings. The number of hydrogen-bond acceptors (Lipinski definition) is 5. The van der Waals surface area contributed by atoms with E-state index in [2.05, 4.69) is 20.5 Å². The van der Waals surface area contributed by atoms with Crippen molar-refractivity contribution in [1.82, 2.24) is 20.5 Å². The fraction of sp³-hybridized carbons (Fsp3) is 0.625. The van der Waals surface area contributed by atoms with Gasteiger partial charge in [0.05, 0.1) is 0 Å². The molecule has 7 nitrogen and oxygen atoms in total. The van der Waals surface area contributed by atoms with E-state index in [1.54, 1.807) is 0 Å². The van der Waals surface area contributed by atoms with E-state index in [0.717, 1.165) is 6.54 Å². The van der Waals surface area contributed by atoms with Crippen LogP contribution in [0.25, 0.3) is 0 Å². The Bertz CT molecular complexity index is 451. The van der Waals surface area contributed by atoms with Crippen LogP contribution in [0.5, 0.6) is 0 Å². The summed E-state index contributed by atoms with van der Waals surface area (Å²) >= 11 is 0. The van der Waals surface area contributed by atoms with Crippen molar-refractivity contribution in [3.8, 4) is 0 Å². The summed E-state index contributed by atoms with van der Waals surface area (Å²) in [4.78, 5) is 26.2. The van der Waals surface area contributed by atoms with Gasteiger partial charge in [-0.15, -0.1) is 5.10 Å². The van der Waals surface area contributed by atoms with Crippen molar-refractivity contribution in [2.24, 2.45) is 0 Å². The number of aromatic nitrogens is 3. The molecule has 1 atom stereocenters. The van der Waals surface area contributed by atoms with Crippen LogP contribution in [-0.2, 0) is 0 Å². The molecule has 0 amide bonds. The summed E-state index contributed by atoms with van der Waals surface area (Å²) in [5, 5.41) is 9.24. The fourth-order valence-electron chi connectivity index (χ4n) is 1.68. The number of rotatable bonds is 1. The van der Waals surface area contributed by atoms with Crippen molar-refractivity contribution in [3.63, 3.8) is 0 Å². The van der Waals surface area contributed by atoms with E-state index in [4.69, 9.17) is 0 Å². The van der Waals surface area contributed by atoms with E-state index in [-0.39, 0.29) is 5.82 Å². The summed E-state index contributed by atoms with van der Waals surface area (Å²) in [6, 6.07) is 0.312. The first-order valence-electron chi connectivity index (χ1n) is 4.84. The van der Waals surface area contributed by atoms with E-state index >= 15 is 0 Å². The lowest BCUT2D eigenvalue weighted by atomic mass is 10.2. The van der Waals surface area contributed by atoms with Crippen molar-refractivity contribution in [1.29, 1.82) is 0 Å². The van der Waals surface area contributed by atoms with Gasteiger partial charge in [0.2, 0.25) is 5.82 Å². The molecule has 7 heteroatoms. The molecule has 0 saturated carbocycles. The van der Waals surface area contributed by atoms with Crippen LogP contribution < -0.4 is 21.5 Å². The summed E-state index contributed by atoms with van der Waals surface area (Å²) in [6.07, 6.45) is 0. The quantitative estimate of drug-likeness (QED) is 0.512. The van der Waals surface area contributed by atoms with E-state index in [1.807, 2.05) is 11.8 Å². The van der Waals surface area contributed by atoms with E-state index in [1.165, 1.54) is 0 Å². The lowest BCUT2D eigenvalue weighted by Crippen LogP contribution is -2.51. The lowest BCUT2D eigenvalue weighted by molar-refractivity contribution is 0.479. The number of piperazine rings is 1. The molecule has 0 radical (unpaired) electrons. The Labute approximate surface area is 85.5 Å². The third kappa shape index (κ3) is 2.07. The van der Waals surface area contributed by atoms with Crippen molar-refractivity contribution < 1.29 is 0 Å². The van der Waals surface area contributed by atoms with E-state index < -0.39 is 11.2 Å². The van der Waals surface area contributed by atoms with E-state index in [9.17, 15) is 9.59 Å². The lowest BCUT2D eigenvalue weighted by Gasteiger charge is -2.31. The van der Waals surface area contributed by atoms with Crippen molar-refractivity contribution >= 4 is 5.82 Å². The maximum Gasteiger partial charge on any atom is 0.342 e. The highest BCUT2D eigenvalue weighted by Gasteiger charge is 2.19. The summed E-state index contributed by atoms with van der Waals surface area (Å²) in [6.45, 7) is 4.27. The first kappa shape index (κ1) is 9.91. The molecule has 1 aromatic rings. The SMILES string of the molecule is C[C@H]1CN(c2n[nH]c(=O)[nH]c2=O)CCN1. The van der Waals surface area contributed by atoms with Gasteiger partial charge in [-0.05, 0) is 6.92 Å². The van der Waals surface area contributed by atoms with Gasteiger partial charge in [-0.1, -0.05) is 0 Å². The molecule has 1 saturated heterocycles. The zero-order valence-electron chi connectivity index (χ0n) is 8.41. The monoisotopic (exact) mass is 211 g/mol. The fourth-order valence-corrected chi connectivity index (χ4v) is 1.68. The van der Waals surface area contributed by atoms with Gasteiger partial charge in [0, 0.05) is 25.7 Å². The molecule has 0 bridgehead atoms. The summed E-state index contributed by atoms with van der Waals surface area (Å²) < 4.78 is 0. The molecule has 0 aliphatic carbocycles. The third-order valence-corrected chi connectivity index (χ3v) is 2.36. The van der Waals surface area contributed by atoms with E-state index in [0.29, 0.717) is 19.1 Å². The van der Waals surface area contributed by atoms with Crippen LogP contribution in [-0.4, -0.2) is 40.9 Å². The molecule has 0 unspecified atom stereocenters. The molecule has 2 heterocycles. The first-order chi connectivity index (χ1) is 7.16. The highest BCUT2D eigenvalue weighted by Crippen LogP contribution is 2.04. The largest absolute Gasteiger partial charge is 0.348 e. The Morgan fingerprint density at radius 3 is 2.93 bits per heavy atom. The van der Waals surface area contributed by atoms with Crippen molar-refractivity contribution in [3.05, 3.63) is 20.8 Å². The molecule has 0 aromatic carbocycles. The van der Waals surface area contributed by atoms with Crippen molar-refractivity contribution in [2.75, 3.05) is 24.5 Å². The van der Waals surface area contributed by atoms with Crippen LogP contribution in [0.15, 0.2) is 9.59 Å². The van der Waals surface area contributed by atoms with Crippen LogP contribution in [0.4, 0.5) is 5.82 Å². The van der Waals surface area contributed by atoms with Crippen LogP contribution in [0.3, 0.4) is 0 Å². The molecule has 82 valence electrons. The third-order valence-electron chi connectivity index (χ3n) is 2.36. The second-order valence-corrected chi connectivity index (χ2v) is 3.63. The Balaban J connectivity index is 2.29. The van der Waals surface area contributed by atoms with Crippen LogP contribution >= 0.6 is 0 Å². The Morgan fingerprint density at radius 2 is 2.27 bits per heavy atom. The zero-order valence-corrected chi connectivity index (χ0v) is 8.41. The topological polar surface area (TPSA) is 93.9 Å². The number of nitrogens with zero attached hydrogens (tertiary/aromatic N) is 2. The molecule has 1 aliphatic heterocycles. The number of aromatic amines is 2. The standard InChI is InChI=1S/C8H13N5O2/c1-5-4-13(3-2-9-5)6-7(14)10-8(15)12-11-6/h5,9H,2-4H2,1H3,(H2,10,12,14,15)/t5-/m0/s1. The molecular formula is C8H13N5O2. The van der Waals surface area contributed by atoms with Gasteiger partial charge in [0.25, 0.3) is 5.56 Å². The van der Waals surface area contributed by atoms with Gasteiger partial charge in [-0.2, -0.15) is 0 Å². The van der Waals surface area contributed by atoms with Gasteiger partial charge in [0.1, 0.15) is 0 Å². The number of nitrogens with one attached hydrogen (secondary N) is 3. The number of anilines is 1. The molecular weight excluding hydrogens is 198 g/mol. The maximum atomic E-state index is 11.4. The summed E-state index contributed by atoms with van der Waals surface area (Å²) in [5.41, 5.74) is -1.01. The molecule has 2 rings (SSSR count). The summed E-state index contributed by atoms with van der Waals surface area (Å²) in [7, 11) is 0. The Morgan fingerprint density at radius 1 is 1.47 bits per heavy atom. The van der Waals surface area contributed by atoms with Gasteiger partial charge < -0.3 is 10.2 Å². The predicted octanol–water partition coefficient (Wildman–Crippen LogP) is -1.74. The minimum Gasteiger partial charge on any atom is -0.348 e. The first-order valence-corrected chi connectivity index (χ1v) is 4.84. The highest BCUT2D eigenvalue weighted by atomic mass is 16.2. The second kappa shape index (κ2) is 3.85. The van der Waals surface area contributed by atoms with Gasteiger partial charge in [-0.3, -0.25) is 9.78 Å². The van der Waals surface area contributed by atoms with Crippen molar-refractivity contribution in [2.45, 2.75) is 13.0 Å². The second-order valence-electron chi connectivity index (χ2n) is 3.63. The zero-order chi connectivity index (χ0) is 10.8. The van der Waals surface area contributed by atoms with Crippen LogP contribution in [0.1, 0.15) is 6.92 Å². The highest BCUT2D eigenvalue weighted by molar-refractivity contribution is 5.35. The minimum absolute atomic E-state index is 0.281. The number of H-pyrrole nitrogens is 2. The molecule has 1 aliphatic rings. The maximum absolute atomic E-state index is 11.4. The molecule has 15 heavy (non-hydrogen) atoms. The predicted molar refractivity (Wildman–Crippen MR) is 55.2 cm³/mol. The van der Waals surface area contributed by atoms with Gasteiger partial charge >= 0.3 is 5.69 Å². The normalized spacial score (nSPS) is 21.7. The Hall–Kier alpha value is -1.63. The van der Waals surface area contributed by atoms with Gasteiger partial charge in [-0.25, -0.2) is 9.89 Å². The number of hydrogen-bond donors (Lipinski definition) is 3. The van der Waals surface area contributed by atoms with Crippen LogP contribution in [0.2, 0.25) is 0 Å². The van der Waals surface area contributed by atoms with Gasteiger partial charge in [0.15, 0.2) is 0 Å². The van der Waals surface area contributed by atoms with Crippen LogP contribution in [0, 0.1) is 0 Å². The molecule has 0 spiro atoms. The minimum atomic E-state index is -0.577. The molecule has 3 N–H and O–H groups in total.